The number of amides is 2. The Labute approximate surface area is 157 Å². The van der Waals surface area contributed by atoms with Gasteiger partial charge in [-0.1, -0.05) is 31.0 Å². The smallest absolute Gasteiger partial charge is 0.331 e. The average Bonchev–Trinajstić information content (AvgIpc) is 3.21. The van der Waals surface area contributed by atoms with E-state index in [9.17, 15) is 23.9 Å². The second-order valence-corrected chi connectivity index (χ2v) is 7.38. The van der Waals surface area contributed by atoms with Crippen molar-refractivity contribution < 1.29 is 23.9 Å². The van der Waals surface area contributed by atoms with Gasteiger partial charge in [-0.3, -0.25) is 9.59 Å². The van der Waals surface area contributed by atoms with Crippen LogP contribution in [-0.4, -0.2) is 40.9 Å². The van der Waals surface area contributed by atoms with Crippen LogP contribution < -0.4 is 5.32 Å². The third-order valence-electron chi connectivity index (χ3n) is 5.63. The average molecular weight is 376 g/mol. The van der Waals surface area contributed by atoms with Gasteiger partial charge in [-0.25, -0.2) is 9.18 Å². The minimum Gasteiger partial charge on any atom is -0.479 e. The second-order valence-electron chi connectivity index (χ2n) is 7.38. The molecule has 0 aromatic heterocycles. The van der Waals surface area contributed by atoms with Crippen molar-refractivity contribution in [1.82, 2.24) is 10.2 Å². The van der Waals surface area contributed by atoms with Crippen molar-refractivity contribution in [2.75, 3.05) is 13.1 Å². The Bertz CT molecular complexity index is 710. The van der Waals surface area contributed by atoms with E-state index in [-0.39, 0.29) is 23.3 Å². The number of halogens is 1. The fourth-order valence-electron chi connectivity index (χ4n) is 4.03. The number of carbonyl (C=O) groups excluding carboxylic acids is 2. The predicted molar refractivity (Wildman–Crippen MR) is 96.2 cm³/mol. The zero-order valence-corrected chi connectivity index (χ0v) is 15.2. The molecule has 1 aromatic carbocycles. The third kappa shape index (κ3) is 4.46. The number of nitrogens with zero attached hydrogens (tertiary/aromatic N) is 1. The van der Waals surface area contributed by atoms with Crippen LogP contribution in [0.4, 0.5) is 4.39 Å². The van der Waals surface area contributed by atoms with Crippen LogP contribution in [0.15, 0.2) is 24.3 Å². The summed E-state index contributed by atoms with van der Waals surface area (Å²) in [4.78, 5) is 38.4. The van der Waals surface area contributed by atoms with Crippen molar-refractivity contribution in [3.63, 3.8) is 0 Å². The van der Waals surface area contributed by atoms with Crippen molar-refractivity contribution >= 4 is 17.8 Å². The van der Waals surface area contributed by atoms with E-state index in [1.165, 1.54) is 24.3 Å². The van der Waals surface area contributed by atoms with Crippen molar-refractivity contribution in [3.8, 4) is 0 Å². The number of rotatable bonds is 5. The Kier molecular flexibility index (Phi) is 6.08. The van der Waals surface area contributed by atoms with Gasteiger partial charge < -0.3 is 15.3 Å². The van der Waals surface area contributed by atoms with Crippen LogP contribution in [0.3, 0.4) is 0 Å². The summed E-state index contributed by atoms with van der Waals surface area (Å²) in [5.41, 5.74) is -0.0628. The first kappa shape index (κ1) is 19.3. The quantitative estimate of drug-likeness (QED) is 0.827. The van der Waals surface area contributed by atoms with Crippen molar-refractivity contribution in [3.05, 3.63) is 35.6 Å². The number of hydrogen-bond donors (Lipinski definition) is 2. The summed E-state index contributed by atoms with van der Waals surface area (Å²) < 4.78 is 13.9. The molecule has 3 rings (SSSR count). The Morgan fingerprint density at radius 3 is 2.26 bits per heavy atom. The number of piperidine rings is 1. The lowest BCUT2D eigenvalue weighted by Crippen LogP contribution is -2.46. The summed E-state index contributed by atoms with van der Waals surface area (Å²) in [6.07, 6.45) is 5.08. The van der Waals surface area contributed by atoms with Gasteiger partial charge in [-0.2, -0.15) is 0 Å². The monoisotopic (exact) mass is 376 g/mol. The summed E-state index contributed by atoms with van der Waals surface area (Å²) in [5.74, 6) is -2.44. The van der Waals surface area contributed by atoms with Crippen molar-refractivity contribution in [2.45, 2.75) is 44.6 Å². The molecule has 1 atom stereocenters. The molecule has 27 heavy (non-hydrogen) atoms. The molecule has 2 fully saturated rings. The number of likely N-dealkylation sites (tertiary alicyclic amines) is 1. The summed E-state index contributed by atoms with van der Waals surface area (Å²) in [5, 5.41) is 11.9. The number of nitrogens with one attached hydrogen (secondary N) is 1. The highest BCUT2D eigenvalue weighted by Gasteiger charge is 2.34. The lowest BCUT2D eigenvalue weighted by molar-refractivity contribution is -0.143. The van der Waals surface area contributed by atoms with E-state index < -0.39 is 23.7 Å². The van der Waals surface area contributed by atoms with E-state index in [0.29, 0.717) is 25.9 Å². The van der Waals surface area contributed by atoms with Crippen LogP contribution in [0.2, 0.25) is 0 Å². The molecule has 2 aliphatic rings. The molecule has 7 heteroatoms. The van der Waals surface area contributed by atoms with Crippen LogP contribution in [0, 0.1) is 17.7 Å². The van der Waals surface area contributed by atoms with E-state index in [1.807, 2.05) is 4.90 Å². The first-order chi connectivity index (χ1) is 13.0. The van der Waals surface area contributed by atoms with Crippen LogP contribution in [0.1, 0.15) is 50.1 Å². The van der Waals surface area contributed by atoms with Gasteiger partial charge in [0, 0.05) is 30.5 Å². The van der Waals surface area contributed by atoms with Crippen LogP contribution in [0.5, 0.6) is 0 Å². The lowest BCUT2D eigenvalue weighted by atomic mass is 9.93. The molecule has 1 aromatic rings. The molecule has 0 spiro atoms. The molecule has 1 saturated heterocycles. The summed E-state index contributed by atoms with van der Waals surface area (Å²) >= 11 is 0. The lowest BCUT2D eigenvalue weighted by Gasteiger charge is -2.33. The largest absolute Gasteiger partial charge is 0.479 e. The Morgan fingerprint density at radius 1 is 1.04 bits per heavy atom. The molecule has 1 saturated carbocycles. The van der Waals surface area contributed by atoms with E-state index in [1.54, 1.807) is 0 Å². The predicted octanol–water partition coefficient (Wildman–Crippen LogP) is 2.50. The Morgan fingerprint density at radius 2 is 1.67 bits per heavy atom. The van der Waals surface area contributed by atoms with E-state index in [0.717, 1.165) is 25.7 Å². The standard InChI is InChI=1S/C20H25FN2O4/c21-16-8-4-3-7-15(16)17(20(26)27)22-18(24)13-9-11-23(12-10-13)19(25)14-5-1-2-6-14/h3-4,7-8,13-14,17H,1-2,5-6,9-12H2,(H,22,24)(H,26,27)/t17-/m0/s1. The molecule has 1 heterocycles. The van der Waals surface area contributed by atoms with Gasteiger partial charge in [-0.15, -0.1) is 0 Å². The molecule has 1 aliphatic carbocycles. The van der Waals surface area contributed by atoms with Gasteiger partial charge >= 0.3 is 5.97 Å². The highest BCUT2D eigenvalue weighted by atomic mass is 19.1. The van der Waals surface area contributed by atoms with Gasteiger partial charge in [0.2, 0.25) is 11.8 Å². The van der Waals surface area contributed by atoms with Crippen molar-refractivity contribution in [2.24, 2.45) is 11.8 Å². The van der Waals surface area contributed by atoms with E-state index >= 15 is 0 Å². The maximum Gasteiger partial charge on any atom is 0.331 e. The molecular weight excluding hydrogens is 351 g/mol. The number of benzene rings is 1. The zero-order chi connectivity index (χ0) is 19.4. The minimum absolute atomic E-state index is 0.0628. The number of carbonyl (C=O) groups is 3. The highest BCUT2D eigenvalue weighted by Crippen LogP contribution is 2.29. The maximum absolute atomic E-state index is 13.9. The molecule has 0 radical (unpaired) electrons. The first-order valence-electron chi connectivity index (χ1n) is 9.53. The van der Waals surface area contributed by atoms with E-state index in [4.69, 9.17) is 0 Å². The summed E-state index contributed by atoms with van der Waals surface area (Å²) in [6.45, 7) is 1.01. The molecule has 2 N–H and O–H groups in total. The van der Waals surface area contributed by atoms with Gasteiger partial charge in [-0.05, 0) is 31.7 Å². The molecule has 0 bridgehead atoms. The second kappa shape index (κ2) is 8.50. The first-order valence-corrected chi connectivity index (χ1v) is 9.53. The maximum atomic E-state index is 13.9. The fourth-order valence-corrected chi connectivity index (χ4v) is 4.03. The van der Waals surface area contributed by atoms with Crippen LogP contribution in [0.25, 0.3) is 0 Å². The Hall–Kier alpha value is -2.44. The topological polar surface area (TPSA) is 86.7 Å². The number of hydrogen-bond acceptors (Lipinski definition) is 3. The zero-order valence-electron chi connectivity index (χ0n) is 15.2. The van der Waals surface area contributed by atoms with Gasteiger partial charge in [0.05, 0.1) is 0 Å². The Balaban J connectivity index is 1.57. The van der Waals surface area contributed by atoms with Crippen LogP contribution >= 0.6 is 0 Å². The van der Waals surface area contributed by atoms with Crippen LogP contribution in [-0.2, 0) is 14.4 Å². The molecule has 6 nitrogen and oxygen atoms in total. The van der Waals surface area contributed by atoms with Gasteiger partial charge in [0.1, 0.15) is 5.82 Å². The number of carboxylic acid groups (broad SMARTS) is 1. The van der Waals surface area contributed by atoms with E-state index in [2.05, 4.69) is 5.32 Å². The third-order valence-corrected chi connectivity index (χ3v) is 5.63. The summed E-state index contributed by atoms with van der Waals surface area (Å²) in [6, 6.07) is 4.11. The fraction of sp³-hybridized carbons (Fsp3) is 0.550. The van der Waals surface area contributed by atoms with Gasteiger partial charge in [0.15, 0.2) is 6.04 Å². The normalized spacial score (nSPS) is 19.7. The molecule has 2 amide bonds. The molecular formula is C20H25FN2O4. The highest BCUT2D eigenvalue weighted by molar-refractivity contribution is 5.86. The molecule has 0 unspecified atom stereocenters. The summed E-state index contributed by atoms with van der Waals surface area (Å²) in [7, 11) is 0. The molecule has 1 aliphatic heterocycles. The molecule has 146 valence electrons. The number of aliphatic carboxylic acids is 1. The number of carboxylic acids is 1. The van der Waals surface area contributed by atoms with Gasteiger partial charge in [0.25, 0.3) is 0 Å². The SMILES string of the molecule is O=C(N[C@H](C(=O)O)c1ccccc1F)C1CCN(C(=O)C2CCCC2)CC1. The minimum atomic E-state index is -1.42. The van der Waals surface area contributed by atoms with Crippen molar-refractivity contribution in [1.29, 1.82) is 0 Å².